The lowest BCUT2D eigenvalue weighted by Crippen LogP contribution is -2.32. The lowest BCUT2D eigenvalue weighted by atomic mass is 10.2. The minimum absolute atomic E-state index is 0.0798. The summed E-state index contributed by atoms with van der Waals surface area (Å²) in [6.45, 7) is 3.58. The second kappa shape index (κ2) is 7.94. The molecule has 0 aliphatic heterocycles. The highest BCUT2D eigenvalue weighted by Crippen LogP contribution is 2.15. The van der Waals surface area contributed by atoms with Gasteiger partial charge in [-0.15, -0.1) is 0 Å². The number of hydrogen-bond acceptors (Lipinski definition) is 5. The fourth-order valence-corrected chi connectivity index (χ4v) is 3.14. The van der Waals surface area contributed by atoms with Crippen LogP contribution in [0.1, 0.15) is 15.9 Å². The van der Waals surface area contributed by atoms with Crippen LogP contribution in [0.2, 0.25) is 0 Å². The molecule has 0 saturated heterocycles. The van der Waals surface area contributed by atoms with E-state index < -0.39 is 21.7 Å². The van der Waals surface area contributed by atoms with Crippen LogP contribution in [0.25, 0.3) is 0 Å². The first-order valence-corrected chi connectivity index (χ1v) is 8.88. The van der Waals surface area contributed by atoms with Crippen LogP contribution >= 0.6 is 11.6 Å². The number of benzene rings is 1. The van der Waals surface area contributed by atoms with Gasteiger partial charge in [0.25, 0.3) is 5.91 Å². The van der Waals surface area contributed by atoms with E-state index in [0.29, 0.717) is 5.75 Å². The lowest BCUT2D eigenvalue weighted by Gasteiger charge is -2.09. The smallest absolute Gasteiger partial charge is 0.264 e. The first kappa shape index (κ1) is 18.0. The number of halogens is 1. The highest BCUT2D eigenvalue weighted by atomic mass is 35.5. The maximum absolute atomic E-state index is 12.0. The minimum atomic E-state index is -3.88. The number of carbonyl (C=O) groups is 1. The van der Waals surface area contributed by atoms with Crippen molar-refractivity contribution in [2.24, 2.45) is 0 Å². The number of aromatic nitrogens is 1. The molecule has 0 bridgehead atoms. The molecule has 2 rings (SSSR count). The molecule has 0 atom stereocenters. The largest absolute Gasteiger partial charge is 0.489 e. The predicted molar refractivity (Wildman–Crippen MR) is 91.3 cm³/mol. The Labute approximate surface area is 145 Å². The van der Waals surface area contributed by atoms with Crippen molar-refractivity contribution in [1.82, 2.24) is 9.71 Å². The van der Waals surface area contributed by atoms with Crippen LogP contribution in [0.3, 0.4) is 0 Å². The van der Waals surface area contributed by atoms with Crippen molar-refractivity contribution < 1.29 is 17.9 Å². The molecule has 1 aromatic heterocycles. The van der Waals surface area contributed by atoms with E-state index in [9.17, 15) is 13.2 Å². The summed E-state index contributed by atoms with van der Waals surface area (Å²) in [5.41, 5.74) is 1.03. The van der Waals surface area contributed by atoms with Crippen molar-refractivity contribution in [3.8, 4) is 5.75 Å². The molecule has 0 unspecified atom stereocenters. The molecule has 24 heavy (non-hydrogen) atoms. The average molecular weight is 367 g/mol. The number of amides is 1. The monoisotopic (exact) mass is 366 g/mol. The Morgan fingerprint density at radius 1 is 1.29 bits per heavy atom. The minimum Gasteiger partial charge on any atom is -0.489 e. The van der Waals surface area contributed by atoms with Crippen molar-refractivity contribution in [3.63, 3.8) is 0 Å². The summed E-state index contributed by atoms with van der Waals surface area (Å²) in [6.07, 6.45) is 3.33. The molecule has 1 aromatic carbocycles. The van der Waals surface area contributed by atoms with Crippen LogP contribution in [0.5, 0.6) is 5.75 Å². The van der Waals surface area contributed by atoms with Gasteiger partial charge in [0, 0.05) is 28.6 Å². The summed E-state index contributed by atoms with van der Waals surface area (Å²) in [5.74, 6) is -0.859. The van der Waals surface area contributed by atoms with Gasteiger partial charge in [0.1, 0.15) is 18.1 Å². The summed E-state index contributed by atoms with van der Waals surface area (Å²) in [4.78, 5) is 16.0. The molecular formula is C16H15ClN2O4S. The van der Waals surface area contributed by atoms with Crippen LogP contribution < -0.4 is 9.46 Å². The summed E-state index contributed by atoms with van der Waals surface area (Å²) >= 11 is 5.47. The van der Waals surface area contributed by atoms with Crippen LogP contribution in [-0.4, -0.2) is 25.1 Å². The molecular weight excluding hydrogens is 352 g/mol. The summed E-state index contributed by atoms with van der Waals surface area (Å²) in [7, 11) is -3.88. The van der Waals surface area contributed by atoms with E-state index in [2.05, 4.69) is 11.6 Å². The topological polar surface area (TPSA) is 85.4 Å². The molecule has 0 radical (unpaired) electrons. The number of ether oxygens (including phenoxy) is 1. The highest BCUT2D eigenvalue weighted by Gasteiger charge is 2.17. The Morgan fingerprint density at radius 3 is 2.75 bits per heavy atom. The number of nitrogens with one attached hydrogen (secondary N) is 1. The van der Waals surface area contributed by atoms with E-state index in [-0.39, 0.29) is 17.2 Å². The molecule has 0 spiro atoms. The number of sulfonamides is 1. The Morgan fingerprint density at radius 2 is 2.08 bits per heavy atom. The maximum atomic E-state index is 12.0. The van der Waals surface area contributed by atoms with Gasteiger partial charge in [0.15, 0.2) is 0 Å². The maximum Gasteiger partial charge on any atom is 0.264 e. The third-order valence-corrected chi connectivity index (χ3v) is 4.34. The first-order valence-electron chi connectivity index (χ1n) is 6.85. The quantitative estimate of drug-likeness (QED) is 0.813. The average Bonchev–Trinajstić information content (AvgIpc) is 2.52. The molecule has 0 saturated carbocycles. The van der Waals surface area contributed by atoms with E-state index in [1.807, 2.05) is 10.8 Å². The summed E-state index contributed by atoms with van der Waals surface area (Å²) in [6, 6.07) is 9.85. The number of rotatable bonds is 7. The molecule has 6 nitrogen and oxygen atoms in total. The summed E-state index contributed by atoms with van der Waals surface area (Å²) in [5, 5.41) is -0.0798. The van der Waals surface area contributed by atoms with Gasteiger partial charge in [-0.1, -0.05) is 30.3 Å². The van der Waals surface area contributed by atoms with Gasteiger partial charge in [-0.2, -0.15) is 0 Å². The molecule has 0 fully saturated rings. The normalized spacial score (nSPS) is 10.9. The molecule has 1 heterocycles. The van der Waals surface area contributed by atoms with E-state index in [1.54, 1.807) is 30.6 Å². The number of hydrogen-bond donors (Lipinski definition) is 1. The fourth-order valence-electron chi connectivity index (χ4n) is 1.82. The zero-order chi connectivity index (χ0) is 17.6. The van der Waals surface area contributed by atoms with Gasteiger partial charge in [-0.25, -0.2) is 13.1 Å². The van der Waals surface area contributed by atoms with E-state index in [1.165, 1.54) is 12.1 Å². The van der Waals surface area contributed by atoms with Crippen molar-refractivity contribution >= 4 is 27.5 Å². The van der Waals surface area contributed by atoms with Gasteiger partial charge in [-0.05, 0) is 24.3 Å². The Kier molecular flexibility index (Phi) is 5.94. The van der Waals surface area contributed by atoms with Gasteiger partial charge in [0.05, 0.1) is 0 Å². The number of carbonyl (C=O) groups excluding carboxylic acids is 1. The van der Waals surface area contributed by atoms with Crippen LogP contribution in [0.4, 0.5) is 0 Å². The van der Waals surface area contributed by atoms with E-state index in [4.69, 9.17) is 16.3 Å². The Balaban J connectivity index is 2.04. The Hall–Kier alpha value is -2.38. The molecule has 1 N–H and O–H groups in total. The third-order valence-electron chi connectivity index (χ3n) is 2.82. The fraction of sp³-hybridized carbons (Fsp3) is 0.125. The van der Waals surface area contributed by atoms with Crippen LogP contribution in [0.15, 0.2) is 60.4 Å². The van der Waals surface area contributed by atoms with E-state index in [0.717, 1.165) is 5.56 Å². The standard InChI is InChI=1S/C16H15ClN2O4S/c1-12(17)11-24(21,22)19-16(20)14-5-2-6-15(8-14)23-10-13-4-3-7-18-9-13/h2-9H,1,10-11H2,(H,19,20). The van der Waals surface area contributed by atoms with Gasteiger partial charge < -0.3 is 4.74 Å². The zero-order valence-electron chi connectivity index (χ0n) is 12.6. The lowest BCUT2D eigenvalue weighted by molar-refractivity contribution is 0.0981. The Bertz CT molecular complexity index is 838. The molecule has 126 valence electrons. The van der Waals surface area contributed by atoms with Gasteiger partial charge in [0.2, 0.25) is 10.0 Å². The van der Waals surface area contributed by atoms with Crippen LogP contribution in [-0.2, 0) is 16.6 Å². The van der Waals surface area contributed by atoms with E-state index >= 15 is 0 Å². The molecule has 8 heteroatoms. The molecule has 0 aliphatic rings. The zero-order valence-corrected chi connectivity index (χ0v) is 14.2. The number of nitrogens with zero attached hydrogens (tertiary/aromatic N) is 1. The van der Waals surface area contributed by atoms with Crippen molar-refractivity contribution in [3.05, 3.63) is 71.5 Å². The van der Waals surface area contributed by atoms with Gasteiger partial charge in [-0.3, -0.25) is 9.78 Å². The molecule has 1 amide bonds. The molecule has 0 aliphatic carbocycles. The molecule has 2 aromatic rings. The first-order chi connectivity index (χ1) is 11.4. The van der Waals surface area contributed by atoms with Crippen LogP contribution in [0, 0.1) is 0 Å². The SMILES string of the molecule is C=C(Cl)CS(=O)(=O)NC(=O)c1cccc(OCc2cccnc2)c1. The third kappa shape index (κ3) is 5.68. The van der Waals surface area contributed by atoms with Crippen molar-refractivity contribution in [2.45, 2.75) is 6.61 Å². The highest BCUT2D eigenvalue weighted by molar-refractivity contribution is 7.90. The second-order valence-electron chi connectivity index (χ2n) is 4.89. The predicted octanol–water partition coefficient (Wildman–Crippen LogP) is 2.47. The van der Waals surface area contributed by atoms with Gasteiger partial charge >= 0.3 is 0 Å². The van der Waals surface area contributed by atoms with Crippen molar-refractivity contribution in [1.29, 1.82) is 0 Å². The van der Waals surface area contributed by atoms with Crippen molar-refractivity contribution in [2.75, 3.05) is 5.75 Å². The second-order valence-corrected chi connectivity index (χ2v) is 7.14. The number of pyridine rings is 1. The summed E-state index contributed by atoms with van der Waals surface area (Å²) < 4.78 is 30.9.